The zero-order valence-electron chi connectivity index (χ0n) is 18.1. The first-order valence-corrected chi connectivity index (χ1v) is 10.9. The highest BCUT2D eigenvalue weighted by Crippen LogP contribution is 2.25. The molecule has 0 bridgehead atoms. The first-order chi connectivity index (χ1) is 16.5. The second-order valence-electron chi connectivity index (χ2n) is 7.70. The Labute approximate surface area is 199 Å². The summed E-state index contributed by atoms with van der Waals surface area (Å²) < 4.78 is 5.65. The van der Waals surface area contributed by atoms with Crippen LogP contribution in [-0.2, 0) is 0 Å². The second-order valence-corrected chi connectivity index (χ2v) is 8.14. The van der Waals surface area contributed by atoms with Crippen LogP contribution in [0.4, 0.5) is 17.3 Å². The molecule has 1 amide bonds. The van der Waals surface area contributed by atoms with Gasteiger partial charge in [0.15, 0.2) is 5.76 Å². The molecule has 0 aliphatic heterocycles. The highest BCUT2D eigenvalue weighted by atomic mass is 35.5. The standard InChI is InChI=1S/C26H19ClN4O3/c1-15-23(30-26(31-24(15)32)29-19-11-9-18(27)10-12-19)17-6-4-7-20(13-17)28-25(33)22-14-16-5-2-3-8-21(16)34-22/h2-14H,1H3,(H,28,33)(H2,29,30,31,32). The van der Waals surface area contributed by atoms with E-state index >= 15 is 0 Å². The van der Waals surface area contributed by atoms with E-state index in [4.69, 9.17) is 16.0 Å². The molecule has 3 aromatic carbocycles. The molecule has 0 atom stereocenters. The number of aromatic nitrogens is 2. The number of rotatable bonds is 5. The van der Waals surface area contributed by atoms with Gasteiger partial charge in [-0.05, 0) is 55.5 Å². The van der Waals surface area contributed by atoms with Crippen molar-refractivity contribution in [1.82, 2.24) is 9.97 Å². The molecule has 34 heavy (non-hydrogen) atoms. The van der Waals surface area contributed by atoms with Gasteiger partial charge in [0.2, 0.25) is 5.95 Å². The van der Waals surface area contributed by atoms with E-state index < -0.39 is 0 Å². The molecule has 2 heterocycles. The lowest BCUT2D eigenvalue weighted by Crippen LogP contribution is -2.15. The van der Waals surface area contributed by atoms with Gasteiger partial charge in [0, 0.05) is 32.9 Å². The molecule has 8 heteroatoms. The van der Waals surface area contributed by atoms with E-state index in [1.54, 1.807) is 55.5 Å². The number of fused-ring (bicyclic) bond motifs is 1. The van der Waals surface area contributed by atoms with Gasteiger partial charge in [0.05, 0.1) is 5.69 Å². The summed E-state index contributed by atoms with van der Waals surface area (Å²) in [5.74, 6) is 0.144. The molecule has 0 saturated heterocycles. The van der Waals surface area contributed by atoms with E-state index in [1.807, 2.05) is 30.3 Å². The SMILES string of the molecule is Cc1c(-c2cccc(NC(=O)c3cc4ccccc4o3)c2)nc(Nc2ccc(Cl)cc2)[nH]c1=O. The van der Waals surface area contributed by atoms with Crippen molar-refractivity contribution in [3.8, 4) is 11.3 Å². The fourth-order valence-corrected chi connectivity index (χ4v) is 3.70. The molecule has 2 aromatic heterocycles. The summed E-state index contributed by atoms with van der Waals surface area (Å²) in [4.78, 5) is 32.6. The molecule has 0 spiro atoms. The van der Waals surface area contributed by atoms with Gasteiger partial charge in [-0.25, -0.2) is 4.98 Å². The molecular weight excluding hydrogens is 452 g/mol. The fraction of sp³-hybridized carbons (Fsp3) is 0.0385. The molecule has 3 N–H and O–H groups in total. The summed E-state index contributed by atoms with van der Waals surface area (Å²) in [6.07, 6.45) is 0. The highest BCUT2D eigenvalue weighted by molar-refractivity contribution is 6.30. The molecule has 0 radical (unpaired) electrons. The summed E-state index contributed by atoms with van der Waals surface area (Å²) in [5, 5.41) is 7.39. The van der Waals surface area contributed by atoms with E-state index in [0.717, 1.165) is 11.1 Å². The minimum Gasteiger partial charge on any atom is -0.451 e. The second kappa shape index (κ2) is 8.88. The van der Waals surface area contributed by atoms with Crippen LogP contribution in [-0.4, -0.2) is 15.9 Å². The number of aromatic amines is 1. The predicted octanol–water partition coefficient (Wildman–Crippen LogP) is 6.14. The average Bonchev–Trinajstić information content (AvgIpc) is 3.28. The van der Waals surface area contributed by atoms with Crippen LogP contribution in [0.5, 0.6) is 0 Å². The van der Waals surface area contributed by atoms with Gasteiger partial charge >= 0.3 is 0 Å². The average molecular weight is 471 g/mol. The number of benzene rings is 3. The van der Waals surface area contributed by atoms with Gasteiger partial charge in [-0.3, -0.25) is 14.6 Å². The molecule has 0 fully saturated rings. The maximum atomic E-state index is 12.7. The zero-order valence-corrected chi connectivity index (χ0v) is 18.8. The Morgan fingerprint density at radius 2 is 1.76 bits per heavy atom. The summed E-state index contributed by atoms with van der Waals surface area (Å²) in [5.41, 5.74) is 3.31. The number of furan rings is 1. The third-order valence-corrected chi connectivity index (χ3v) is 5.55. The number of hydrogen-bond donors (Lipinski definition) is 3. The predicted molar refractivity (Wildman–Crippen MR) is 134 cm³/mol. The van der Waals surface area contributed by atoms with Gasteiger partial charge in [0.25, 0.3) is 11.5 Å². The van der Waals surface area contributed by atoms with Crippen molar-refractivity contribution in [1.29, 1.82) is 0 Å². The summed E-state index contributed by atoms with van der Waals surface area (Å²) in [7, 11) is 0. The van der Waals surface area contributed by atoms with Crippen LogP contribution in [0, 0.1) is 6.92 Å². The first kappa shape index (κ1) is 21.5. The topological polar surface area (TPSA) is 100 Å². The van der Waals surface area contributed by atoms with E-state index in [9.17, 15) is 9.59 Å². The van der Waals surface area contributed by atoms with Crippen LogP contribution in [0.3, 0.4) is 0 Å². The van der Waals surface area contributed by atoms with Gasteiger partial charge < -0.3 is 15.1 Å². The molecule has 7 nitrogen and oxygen atoms in total. The smallest absolute Gasteiger partial charge is 0.291 e. The van der Waals surface area contributed by atoms with Crippen LogP contribution in [0.2, 0.25) is 5.02 Å². The minimum atomic E-state index is -0.367. The van der Waals surface area contributed by atoms with Crippen molar-refractivity contribution >= 4 is 45.8 Å². The van der Waals surface area contributed by atoms with Crippen molar-refractivity contribution in [3.63, 3.8) is 0 Å². The lowest BCUT2D eigenvalue weighted by atomic mass is 10.1. The molecule has 5 rings (SSSR count). The summed E-state index contributed by atoms with van der Waals surface area (Å²) >= 11 is 5.94. The number of carbonyl (C=O) groups excluding carboxylic acids is 1. The Kier molecular flexibility index (Phi) is 5.61. The molecular formula is C26H19ClN4O3. The number of nitrogens with one attached hydrogen (secondary N) is 3. The number of para-hydroxylation sites is 1. The summed E-state index contributed by atoms with van der Waals surface area (Å²) in [6.45, 7) is 1.70. The molecule has 0 unspecified atom stereocenters. The molecule has 0 aliphatic rings. The Hall–Kier alpha value is -4.36. The van der Waals surface area contributed by atoms with Crippen molar-refractivity contribution in [2.45, 2.75) is 6.92 Å². The number of nitrogens with zero attached hydrogens (tertiary/aromatic N) is 1. The highest BCUT2D eigenvalue weighted by Gasteiger charge is 2.14. The van der Waals surface area contributed by atoms with Crippen molar-refractivity contribution in [2.24, 2.45) is 0 Å². The van der Waals surface area contributed by atoms with Gasteiger partial charge in [-0.2, -0.15) is 0 Å². The van der Waals surface area contributed by atoms with E-state index in [1.165, 1.54) is 0 Å². The minimum absolute atomic E-state index is 0.214. The zero-order chi connectivity index (χ0) is 23.7. The van der Waals surface area contributed by atoms with Crippen LogP contribution in [0.25, 0.3) is 22.2 Å². The van der Waals surface area contributed by atoms with Crippen LogP contribution >= 0.6 is 11.6 Å². The molecule has 0 saturated carbocycles. The van der Waals surface area contributed by atoms with Crippen LogP contribution < -0.4 is 16.2 Å². The van der Waals surface area contributed by atoms with Crippen molar-refractivity contribution in [3.05, 3.63) is 106 Å². The van der Waals surface area contributed by atoms with E-state index in [2.05, 4.69) is 20.6 Å². The number of halogens is 1. The van der Waals surface area contributed by atoms with Gasteiger partial charge in [0.1, 0.15) is 5.58 Å². The lowest BCUT2D eigenvalue weighted by molar-refractivity contribution is 0.0998. The molecule has 5 aromatic rings. The lowest BCUT2D eigenvalue weighted by Gasteiger charge is -2.11. The maximum Gasteiger partial charge on any atom is 0.291 e. The Bertz CT molecular complexity index is 1540. The monoisotopic (exact) mass is 470 g/mol. The van der Waals surface area contributed by atoms with Crippen molar-refractivity contribution < 1.29 is 9.21 Å². The number of anilines is 3. The third-order valence-electron chi connectivity index (χ3n) is 5.30. The third kappa shape index (κ3) is 4.42. The molecule has 168 valence electrons. The number of H-pyrrole nitrogens is 1. The Morgan fingerprint density at radius 1 is 0.971 bits per heavy atom. The summed E-state index contributed by atoms with van der Waals surface area (Å²) in [6, 6.07) is 23.3. The Morgan fingerprint density at radius 3 is 2.56 bits per heavy atom. The number of hydrogen-bond acceptors (Lipinski definition) is 5. The van der Waals surface area contributed by atoms with Gasteiger partial charge in [-0.15, -0.1) is 0 Å². The van der Waals surface area contributed by atoms with E-state index in [0.29, 0.717) is 39.1 Å². The quantitative estimate of drug-likeness (QED) is 0.286. The number of carbonyl (C=O) groups is 1. The van der Waals surface area contributed by atoms with Crippen molar-refractivity contribution in [2.75, 3.05) is 10.6 Å². The van der Waals surface area contributed by atoms with E-state index in [-0.39, 0.29) is 17.2 Å². The van der Waals surface area contributed by atoms with Crippen LogP contribution in [0.1, 0.15) is 16.1 Å². The largest absolute Gasteiger partial charge is 0.451 e. The fourth-order valence-electron chi connectivity index (χ4n) is 3.57. The number of amides is 1. The Balaban J connectivity index is 1.43. The van der Waals surface area contributed by atoms with Crippen LogP contribution in [0.15, 0.2) is 88.1 Å². The first-order valence-electron chi connectivity index (χ1n) is 10.5. The van der Waals surface area contributed by atoms with Gasteiger partial charge in [-0.1, -0.05) is 41.9 Å². The normalized spacial score (nSPS) is 10.9. The molecule has 0 aliphatic carbocycles. The maximum absolute atomic E-state index is 12.7.